The van der Waals surface area contributed by atoms with Crippen molar-refractivity contribution >= 4 is 21.8 Å². The number of hydrogen-bond acceptors (Lipinski definition) is 5. The van der Waals surface area contributed by atoms with E-state index >= 15 is 0 Å². The molecular weight excluding hydrogens is 224 g/mol. The summed E-state index contributed by atoms with van der Waals surface area (Å²) >= 11 is 0. The lowest BCUT2D eigenvalue weighted by atomic mass is 10.0. The van der Waals surface area contributed by atoms with E-state index in [0.29, 0.717) is 0 Å². The molecule has 0 aromatic rings. The van der Waals surface area contributed by atoms with Crippen molar-refractivity contribution in [1.82, 2.24) is 0 Å². The molecule has 0 fully saturated rings. The van der Waals surface area contributed by atoms with Crippen LogP contribution in [0.15, 0.2) is 0 Å². The van der Waals surface area contributed by atoms with Gasteiger partial charge in [-0.3, -0.25) is 9.59 Å². The summed E-state index contributed by atoms with van der Waals surface area (Å²) in [6.45, 7) is 0. The summed E-state index contributed by atoms with van der Waals surface area (Å²) < 4.78 is 25.8. The zero-order chi connectivity index (χ0) is 12.1. The smallest absolute Gasteiger partial charge is 0.320 e. The first-order chi connectivity index (χ1) is 6.78. The Kier molecular flexibility index (Phi) is 5.27. The number of aliphatic carboxylic acids is 1. The van der Waals surface area contributed by atoms with Crippen molar-refractivity contribution < 1.29 is 27.9 Å². The second kappa shape index (κ2) is 5.69. The van der Waals surface area contributed by atoms with Crippen LogP contribution in [0.1, 0.15) is 12.8 Å². The third-order valence-corrected chi connectivity index (χ3v) is 2.82. The third kappa shape index (κ3) is 6.05. The molecule has 0 saturated carbocycles. The molecule has 6 nitrogen and oxygen atoms in total. The van der Waals surface area contributed by atoms with Gasteiger partial charge < -0.3 is 9.84 Å². The molecule has 7 heteroatoms. The van der Waals surface area contributed by atoms with Gasteiger partial charge in [0.25, 0.3) is 0 Å². The molecule has 1 atom stereocenters. The molecular formula is C8H14O6S. The molecule has 88 valence electrons. The second-order valence-electron chi connectivity index (χ2n) is 3.19. The van der Waals surface area contributed by atoms with Gasteiger partial charge in [0.05, 0.1) is 7.11 Å². The average Bonchev–Trinajstić information content (AvgIpc) is 2.09. The zero-order valence-corrected chi connectivity index (χ0v) is 9.41. The number of carbonyl (C=O) groups is 2. The van der Waals surface area contributed by atoms with E-state index in [1.165, 1.54) is 0 Å². The fourth-order valence-electron chi connectivity index (χ4n) is 1.03. The van der Waals surface area contributed by atoms with Crippen molar-refractivity contribution in [2.45, 2.75) is 12.8 Å². The Morgan fingerprint density at radius 2 is 1.93 bits per heavy atom. The van der Waals surface area contributed by atoms with Gasteiger partial charge >= 0.3 is 11.9 Å². The minimum absolute atomic E-state index is 0.0327. The maximum absolute atomic E-state index is 11.0. The van der Waals surface area contributed by atoms with Crippen LogP contribution >= 0.6 is 0 Å². The van der Waals surface area contributed by atoms with E-state index in [4.69, 9.17) is 5.11 Å². The van der Waals surface area contributed by atoms with Gasteiger partial charge in [-0.1, -0.05) is 0 Å². The number of ether oxygens (including phenoxy) is 1. The quantitative estimate of drug-likeness (QED) is 0.503. The van der Waals surface area contributed by atoms with Gasteiger partial charge in [-0.2, -0.15) is 0 Å². The first-order valence-corrected chi connectivity index (χ1v) is 6.32. The molecule has 0 bridgehead atoms. The molecule has 1 unspecified atom stereocenters. The lowest BCUT2D eigenvalue weighted by molar-refractivity contribution is -0.157. The summed E-state index contributed by atoms with van der Waals surface area (Å²) in [7, 11) is -2.03. The Morgan fingerprint density at radius 3 is 2.27 bits per heavy atom. The highest BCUT2D eigenvalue weighted by atomic mass is 32.2. The number of carboxylic acid groups (broad SMARTS) is 1. The Hall–Kier alpha value is -1.11. The molecule has 1 N–H and O–H groups in total. The van der Waals surface area contributed by atoms with Crippen LogP contribution < -0.4 is 0 Å². The molecule has 0 saturated heterocycles. The van der Waals surface area contributed by atoms with Crippen LogP contribution in [0.5, 0.6) is 0 Å². The van der Waals surface area contributed by atoms with Crippen LogP contribution in [-0.4, -0.2) is 44.6 Å². The molecule has 0 aliphatic rings. The van der Waals surface area contributed by atoms with Crippen molar-refractivity contribution in [1.29, 1.82) is 0 Å². The molecule has 0 spiro atoms. The van der Waals surface area contributed by atoms with Gasteiger partial charge in [0.15, 0.2) is 5.92 Å². The molecule has 0 aromatic carbocycles. The van der Waals surface area contributed by atoms with E-state index in [1.807, 2.05) is 0 Å². The standard InChI is InChI=1S/C8H14O6S/c1-14-8(11)6(7(9)10)4-3-5-15(2,12)13/h6H,3-5H2,1-2H3,(H,9,10). The number of hydrogen-bond donors (Lipinski definition) is 1. The maximum Gasteiger partial charge on any atom is 0.320 e. The van der Waals surface area contributed by atoms with Crippen LogP contribution in [-0.2, 0) is 24.2 Å². The topological polar surface area (TPSA) is 97.7 Å². The monoisotopic (exact) mass is 238 g/mol. The highest BCUT2D eigenvalue weighted by Gasteiger charge is 2.26. The first-order valence-electron chi connectivity index (χ1n) is 4.26. The normalized spacial score (nSPS) is 13.2. The van der Waals surface area contributed by atoms with Crippen LogP contribution in [0.25, 0.3) is 0 Å². The predicted molar refractivity (Wildman–Crippen MR) is 52.1 cm³/mol. The van der Waals surface area contributed by atoms with Gasteiger partial charge in [-0.25, -0.2) is 8.42 Å². The second-order valence-corrected chi connectivity index (χ2v) is 5.45. The Labute approximate surface area is 88.2 Å². The highest BCUT2D eigenvalue weighted by Crippen LogP contribution is 2.09. The fourth-order valence-corrected chi connectivity index (χ4v) is 1.73. The first kappa shape index (κ1) is 13.9. The van der Waals surface area contributed by atoms with E-state index in [2.05, 4.69) is 4.74 Å². The van der Waals surface area contributed by atoms with E-state index < -0.39 is 27.7 Å². The van der Waals surface area contributed by atoms with Crippen LogP contribution in [0.2, 0.25) is 0 Å². The van der Waals surface area contributed by atoms with Gasteiger partial charge in [0.2, 0.25) is 0 Å². The van der Waals surface area contributed by atoms with Crippen molar-refractivity contribution in [2.24, 2.45) is 5.92 Å². The largest absolute Gasteiger partial charge is 0.481 e. The Morgan fingerprint density at radius 1 is 1.40 bits per heavy atom. The predicted octanol–water partition coefficient (Wildman–Crippen LogP) is -0.315. The minimum Gasteiger partial charge on any atom is -0.481 e. The highest BCUT2D eigenvalue weighted by molar-refractivity contribution is 7.90. The number of carboxylic acids is 1. The van der Waals surface area contributed by atoms with Crippen LogP contribution in [0.4, 0.5) is 0 Å². The van der Waals surface area contributed by atoms with Gasteiger partial charge in [-0.05, 0) is 12.8 Å². The summed E-state index contributed by atoms with van der Waals surface area (Å²) in [5.74, 6) is -3.56. The maximum atomic E-state index is 11.0. The minimum atomic E-state index is -3.12. The summed E-state index contributed by atoms with van der Waals surface area (Å²) in [6.07, 6.45) is 1.15. The van der Waals surface area contributed by atoms with Crippen LogP contribution in [0.3, 0.4) is 0 Å². The average molecular weight is 238 g/mol. The molecule has 15 heavy (non-hydrogen) atoms. The zero-order valence-electron chi connectivity index (χ0n) is 8.60. The van der Waals surface area contributed by atoms with Gasteiger partial charge in [-0.15, -0.1) is 0 Å². The summed E-state index contributed by atoms with van der Waals surface area (Å²) in [5, 5.41) is 8.65. The van der Waals surface area contributed by atoms with E-state index in [0.717, 1.165) is 13.4 Å². The number of methoxy groups -OCH3 is 1. The summed E-state index contributed by atoms with van der Waals surface area (Å²) in [4.78, 5) is 21.6. The molecule has 0 amide bonds. The molecule has 0 aliphatic heterocycles. The fraction of sp³-hybridized carbons (Fsp3) is 0.750. The lowest BCUT2D eigenvalue weighted by Gasteiger charge is -2.08. The molecule has 0 rings (SSSR count). The summed E-state index contributed by atoms with van der Waals surface area (Å²) in [5.41, 5.74) is 0. The van der Waals surface area contributed by atoms with E-state index in [9.17, 15) is 18.0 Å². The Bertz CT molecular complexity index is 331. The van der Waals surface area contributed by atoms with Crippen molar-refractivity contribution in [3.8, 4) is 0 Å². The Balaban J connectivity index is 4.21. The number of esters is 1. The van der Waals surface area contributed by atoms with Crippen molar-refractivity contribution in [3.63, 3.8) is 0 Å². The molecule has 0 radical (unpaired) electrons. The number of rotatable bonds is 6. The lowest BCUT2D eigenvalue weighted by Crippen LogP contribution is -2.25. The van der Waals surface area contributed by atoms with Gasteiger partial charge in [0.1, 0.15) is 9.84 Å². The molecule has 0 aliphatic carbocycles. The van der Waals surface area contributed by atoms with Crippen molar-refractivity contribution in [2.75, 3.05) is 19.1 Å². The van der Waals surface area contributed by atoms with Crippen LogP contribution in [0, 0.1) is 5.92 Å². The number of carbonyl (C=O) groups excluding carboxylic acids is 1. The van der Waals surface area contributed by atoms with Gasteiger partial charge in [0, 0.05) is 12.0 Å². The SMILES string of the molecule is COC(=O)C(CCCS(C)(=O)=O)C(=O)O. The molecule has 0 aromatic heterocycles. The van der Waals surface area contributed by atoms with E-state index in [-0.39, 0.29) is 18.6 Å². The summed E-state index contributed by atoms with van der Waals surface area (Å²) in [6, 6.07) is 0. The third-order valence-electron chi connectivity index (χ3n) is 1.79. The molecule has 0 heterocycles. The van der Waals surface area contributed by atoms with Crippen molar-refractivity contribution in [3.05, 3.63) is 0 Å². The van der Waals surface area contributed by atoms with E-state index in [1.54, 1.807) is 0 Å². The number of sulfone groups is 1.